The second-order valence-electron chi connectivity index (χ2n) is 4.69. The molecular weight excluding hydrogens is 240 g/mol. The van der Waals surface area contributed by atoms with Crippen LogP contribution in [0.25, 0.3) is 6.08 Å². The van der Waals surface area contributed by atoms with Crippen LogP contribution in [-0.4, -0.2) is 47.7 Å². The van der Waals surface area contributed by atoms with Crippen LogP contribution in [0.5, 0.6) is 0 Å². The summed E-state index contributed by atoms with van der Waals surface area (Å²) in [6.45, 7) is 0.448. The van der Waals surface area contributed by atoms with E-state index in [0.29, 0.717) is 12.1 Å². The van der Waals surface area contributed by atoms with Crippen molar-refractivity contribution in [2.24, 2.45) is 0 Å². The van der Waals surface area contributed by atoms with Gasteiger partial charge in [-0.1, -0.05) is 36.4 Å². The number of allylic oxidation sites excluding steroid dienone is 1. The molecule has 1 aromatic rings. The lowest BCUT2D eigenvalue weighted by atomic mass is 10.1. The Morgan fingerprint density at radius 3 is 2.63 bits per heavy atom. The highest BCUT2D eigenvalue weighted by Gasteiger charge is 2.23. The fourth-order valence-corrected chi connectivity index (χ4v) is 2.00. The molecule has 4 nitrogen and oxygen atoms in total. The van der Waals surface area contributed by atoms with Gasteiger partial charge >= 0.3 is 0 Å². The van der Waals surface area contributed by atoms with E-state index in [1.54, 1.807) is 42.2 Å². The summed E-state index contributed by atoms with van der Waals surface area (Å²) in [5.74, 6) is -0.0329. The molecule has 4 heteroatoms. The first kappa shape index (κ1) is 13.5. The smallest absolute Gasteiger partial charge is 0.185 e. The molecule has 0 amide bonds. The second kappa shape index (κ2) is 5.82. The zero-order chi connectivity index (χ0) is 13.8. The van der Waals surface area contributed by atoms with Crippen molar-refractivity contribution < 1.29 is 9.90 Å². The van der Waals surface area contributed by atoms with Gasteiger partial charge in [-0.3, -0.25) is 9.69 Å². The van der Waals surface area contributed by atoms with Gasteiger partial charge in [-0.25, -0.2) is 0 Å². The summed E-state index contributed by atoms with van der Waals surface area (Å²) in [6.07, 6.45) is 4.39. The molecule has 0 saturated heterocycles. The maximum Gasteiger partial charge on any atom is 0.185 e. The highest BCUT2D eigenvalue weighted by Crippen LogP contribution is 2.14. The highest BCUT2D eigenvalue weighted by molar-refractivity contribution is 6.06. The van der Waals surface area contributed by atoms with E-state index in [1.165, 1.54) is 0 Å². The van der Waals surface area contributed by atoms with Gasteiger partial charge in [-0.2, -0.15) is 0 Å². The number of carbonyl (C=O) groups excluding carboxylic acids is 1. The monoisotopic (exact) mass is 258 g/mol. The molecule has 1 heterocycles. The van der Waals surface area contributed by atoms with Crippen molar-refractivity contribution in [2.45, 2.75) is 6.35 Å². The molecule has 1 unspecified atom stereocenters. The first-order valence-corrected chi connectivity index (χ1v) is 6.16. The number of carbonyl (C=O) groups is 1. The van der Waals surface area contributed by atoms with E-state index >= 15 is 0 Å². The van der Waals surface area contributed by atoms with Gasteiger partial charge in [0, 0.05) is 25.4 Å². The van der Waals surface area contributed by atoms with Gasteiger partial charge in [0.1, 0.15) is 0 Å². The Morgan fingerprint density at radius 1 is 1.32 bits per heavy atom. The lowest BCUT2D eigenvalue weighted by molar-refractivity contribution is -0.114. The molecule has 1 aromatic carbocycles. The zero-order valence-electron chi connectivity index (χ0n) is 11.2. The molecule has 100 valence electrons. The molecule has 0 fully saturated rings. The third-order valence-electron chi connectivity index (χ3n) is 3.08. The van der Waals surface area contributed by atoms with Crippen molar-refractivity contribution >= 4 is 11.9 Å². The number of nitrogens with zero attached hydrogens (tertiary/aromatic N) is 2. The normalized spacial score (nSPS) is 20.7. The minimum Gasteiger partial charge on any atom is -0.361 e. The van der Waals surface area contributed by atoms with Gasteiger partial charge in [0.25, 0.3) is 0 Å². The topological polar surface area (TPSA) is 43.8 Å². The molecule has 0 spiro atoms. The molecule has 0 saturated carbocycles. The first-order valence-electron chi connectivity index (χ1n) is 6.16. The van der Waals surface area contributed by atoms with E-state index in [4.69, 9.17) is 0 Å². The number of ketones is 1. The summed E-state index contributed by atoms with van der Waals surface area (Å²) in [7, 11) is 3.52. The van der Waals surface area contributed by atoms with Crippen LogP contribution in [0.15, 0.2) is 48.2 Å². The van der Waals surface area contributed by atoms with Crippen molar-refractivity contribution in [3.05, 3.63) is 53.7 Å². The van der Waals surface area contributed by atoms with E-state index in [1.807, 2.05) is 30.3 Å². The summed E-state index contributed by atoms with van der Waals surface area (Å²) in [5, 5.41) is 9.73. The van der Waals surface area contributed by atoms with Crippen LogP contribution < -0.4 is 0 Å². The Hall–Kier alpha value is -1.91. The van der Waals surface area contributed by atoms with Crippen LogP contribution in [0.4, 0.5) is 0 Å². The minimum atomic E-state index is -0.672. The van der Waals surface area contributed by atoms with E-state index in [2.05, 4.69) is 0 Å². The molecule has 0 radical (unpaired) electrons. The van der Waals surface area contributed by atoms with Crippen LogP contribution in [0.2, 0.25) is 0 Å². The van der Waals surface area contributed by atoms with Crippen LogP contribution in [0.3, 0.4) is 0 Å². The standard InChI is InChI=1S/C15H18N2O2/c1-16-10-13(11-17(2)15(16)19)14(18)9-8-12-6-4-3-5-7-12/h3-10,15,19H,11H2,1-2H3/b9-8+. The summed E-state index contributed by atoms with van der Waals surface area (Å²) < 4.78 is 0. The Bertz CT molecular complexity index is 508. The fraction of sp³-hybridized carbons (Fsp3) is 0.267. The molecule has 0 aromatic heterocycles. The number of aliphatic hydroxyl groups is 1. The largest absolute Gasteiger partial charge is 0.361 e. The van der Waals surface area contributed by atoms with Gasteiger partial charge in [0.05, 0.1) is 0 Å². The van der Waals surface area contributed by atoms with Crippen molar-refractivity contribution in [3.8, 4) is 0 Å². The van der Waals surface area contributed by atoms with Crippen molar-refractivity contribution in [3.63, 3.8) is 0 Å². The van der Waals surface area contributed by atoms with Crippen LogP contribution >= 0.6 is 0 Å². The lowest BCUT2D eigenvalue weighted by Crippen LogP contribution is -2.47. The second-order valence-corrected chi connectivity index (χ2v) is 4.69. The van der Waals surface area contributed by atoms with Crippen LogP contribution in [0, 0.1) is 0 Å². The minimum absolute atomic E-state index is 0.0329. The third-order valence-corrected chi connectivity index (χ3v) is 3.08. The zero-order valence-corrected chi connectivity index (χ0v) is 11.2. The van der Waals surface area contributed by atoms with Gasteiger partial charge in [0.15, 0.2) is 12.1 Å². The first-order chi connectivity index (χ1) is 9.08. The predicted molar refractivity (Wildman–Crippen MR) is 75.0 cm³/mol. The Balaban J connectivity index is 2.09. The fourth-order valence-electron chi connectivity index (χ4n) is 2.00. The molecular formula is C15H18N2O2. The highest BCUT2D eigenvalue weighted by atomic mass is 16.3. The van der Waals surface area contributed by atoms with Crippen molar-refractivity contribution in [1.82, 2.24) is 9.80 Å². The van der Waals surface area contributed by atoms with Crippen LogP contribution in [0.1, 0.15) is 5.56 Å². The lowest BCUT2D eigenvalue weighted by Gasteiger charge is -2.35. The van der Waals surface area contributed by atoms with Gasteiger partial charge in [0.2, 0.25) is 0 Å². The summed E-state index contributed by atoms with van der Waals surface area (Å²) in [5.41, 5.74) is 1.66. The molecule has 1 aliphatic rings. The summed E-state index contributed by atoms with van der Waals surface area (Å²) >= 11 is 0. The average Bonchev–Trinajstić information content (AvgIpc) is 2.42. The number of hydrogen-bond acceptors (Lipinski definition) is 4. The Morgan fingerprint density at radius 2 is 2.00 bits per heavy atom. The number of aliphatic hydroxyl groups excluding tert-OH is 1. The number of rotatable bonds is 3. The Labute approximate surface area is 113 Å². The van der Waals surface area contributed by atoms with Crippen molar-refractivity contribution in [2.75, 3.05) is 20.6 Å². The molecule has 1 N–H and O–H groups in total. The van der Waals surface area contributed by atoms with Gasteiger partial charge in [-0.15, -0.1) is 0 Å². The molecule has 2 rings (SSSR count). The average molecular weight is 258 g/mol. The van der Waals surface area contributed by atoms with Crippen molar-refractivity contribution in [1.29, 1.82) is 0 Å². The SMILES string of the molecule is CN1C=C(C(=O)/C=C/c2ccccc2)CN(C)C1O. The quantitative estimate of drug-likeness (QED) is 0.830. The third kappa shape index (κ3) is 3.30. The molecule has 0 aliphatic carbocycles. The van der Waals surface area contributed by atoms with E-state index in [0.717, 1.165) is 5.56 Å². The maximum atomic E-state index is 12.1. The Kier molecular flexibility index (Phi) is 4.14. The van der Waals surface area contributed by atoms with E-state index < -0.39 is 6.35 Å². The maximum absolute atomic E-state index is 12.1. The molecule has 19 heavy (non-hydrogen) atoms. The van der Waals surface area contributed by atoms with Crippen LogP contribution in [-0.2, 0) is 4.79 Å². The predicted octanol–water partition coefficient (Wildman–Crippen LogP) is 1.31. The summed E-state index contributed by atoms with van der Waals surface area (Å²) in [4.78, 5) is 15.4. The summed E-state index contributed by atoms with van der Waals surface area (Å²) in [6, 6.07) is 9.69. The number of likely N-dealkylation sites (N-methyl/N-ethyl adjacent to an activating group) is 1. The van der Waals surface area contributed by atoms with Gasteiger partial charge in [-0.05, 0) is 18.7 Å². The van der Waals surface area contributed by atoms with E-state index in [-0.39, 0.29) is 5.78 Å². The molecule has 1 atom stereocenters. The number of hydrogen-bond donors (Lipinski definition) is 1. The van der Waals surface area contributed by atoms with Gasteiger partial charge < -0.3 is 10.0 Å². The molecule has 1 aliphatic heterocycles. The number of benzene rings is 1. The van der Waals surface area contributed by atoms with E-state index in [9.17, 15) is 9.90 Å². The molecule has 0 bridgehead atoms.